The van der Waals surface area contributed by atoms with Gasteiger partial charge in [-0.25, -0.2) is 0 Å². The average Bonchev–Trinajstić information content (AvgIpc) is 2.68. The Balaban J connectivity index is 2.44. The molecular formula is C13H25N3. The quantitative estimate of drug-likeness (QED) is 0.772. The molecule has 0 bridgehead atoms. The highest BCUT2D eigenvalue weighted by Gasteiger charge is 2.07. The maximum atomic E-state index is 5.73. The van der Waals surface area contributed by atoms with Gasteiger partial charge in [0.05, 0.1) is 11.7 Å². The van der Waals surface area contributed by atoms with Crippen molar-refractivity contribution in [3.63, 3.8) is 0 Å². The molecule has 1 atom stereocenters. The van der Waals surface area contributed by atoms with Gasteiger partial charge in [-0.3, -0.25) is 4.68 Å². The zero-order chi connectivity index (χ0) is 12.0. The Bertz CT molecular complexity index is 287. The highest BCUT2D eigenvalue weighted by atomic mass is 15.3. The summed E-state index contributed by atoms with van der Waals surface area (Å²) in [6.45, 7) is 6.49. The van der Waals surface area contributed by atoms with Crippen molar-refractivity contribution in [2.75, 3.05) is 0 Å². The second-order valence-corrected chi connectivity index (χ2v) is 4.63. The third kappa shape index (κ3) is 3.97. The summed E-state index contributed by atoms with van der Waals surface area (Å²) >= 11 is 0. The van der Waals surface area contributed by atoms with E-state index >= 15 is 0 Å². The van der Waals surface area contributed by atoms with Crippen molar-refractivity contribution in [3.8, 4) is 0 Å². The Hall–Kier alpha value is -0.830. The van der Waals surface area contributed by atoms with Crippen LogP contribution in [0.2, 0.25) is 0 Å². The summed E-state index contributed by atoms with van der Waals surface area (Å²) < 4.78 is 2.11. The third-order valence-electron chi connectivity index (χ3n) is 3.07. The van der Waals surface area contributed by atoms with Gasteiger partial charge >= 0.3 is 0 Å². The molecule has 0 fully saturated rings. The van der Waals surface area contributed by atoms with Crippen LogP contribution in [0.25, 0.3) is 0 Å². The van der Waals surface area contributed by atoms with Crippen LogP contribution in [-0.2, 0) is 6.42 Å². The molecule has 0 radical (unpaired) electrons. The molecule has 1 unspecified atom stereocenters. The van der Waals surface area contributed by atoms with Crippen molar-refractivity contribution in [1.29, 1.82) is 0 Å². The molecule has 1 aromatic heterocycles. The predicted molar refractivity (Wildman–Crippen MR) is 68.4 cm³/mol. The van der Waals surface area contributed by atoms with Crippen LogP contribution in [0.4, 0.5) is 0 Å². The van der Waals surface area contributed by atoms with Crippen LogP contribution < -0.4 is 5.73 Å². The summed E-state index contributed by atoms with van der Waals surface area (Å²) in [5.41, 5.74) is 6.93. The molecule has 3 nitrogen and oxygen atoms in total. The summed E-state index contributed by atoms with van der Waals surface area (Å²) in [4.78, 5) is 0. The summed E-state index contributed by atoms with van der Waals surface area (Å²) in [7, 11) is 0. The fourth-order valence-corrected chi connectivity index (χ4v) is 1.98. The van der Waals surface area contributed by atoms with Crippen LogP contribution in [0, 0.1) is 0 Å². The zero-order valence-electron chi connectivity index (χ0n) is 10.8. The van der Waals surface area contributed by atoms with Gasteiger partial charge in [0.1, 0.15) is 0 Å². The van der Waals surface area contributed by atoms with E-state index in [1.54, 1.807) is 0 Å². The Morgan fingerprint density at radius 3 is 2.62 bits per heavy atom. The molecule has 0 amide bonds. The number of nitrogens with zero attached hydrogens (tertiary/aromatic N) is 2. The second kappa shape index (κ2) is 6.69. The monoisotopic (exact) mass is 223 g/mol. The molecule has 1 heterocycles. The fraction of sp³-hybridized carbons (Fsp3) is 0.769. The third-order valence-corrected chi connectivity index (χ3v) is 3.07. The number of aromatic nitrogens is 2. The van der Waals surface area contributed by atoms with Gasteiger partial charge in [-0.15, -0.1) is 0 Å². The van der Waals surface area contributed by atoms with Gasteiger partial charge in [-0.05, 0) is 45.1 Å². The topological polar surface area (TPSA) is 43.8 Å². The highest BCUT2D eigenvalue weighted by molar-refractivity contribution is 4.99. The summed E-state index contributed by atoms with van der Waals surface area (Å²) in [6.07, 6.45) is 7.68. The molecule has 1 rings (SSSR count). The lowest BCUT2D eigenvalue weighted by Crippen LogP contribution is -2.14. The van der Waals surface area contributed by atoms with Gasteiger partial charge in [0.25, 0.3) is 0 Å². The summed E-state index contributed by atoms with van der Waals surface area (Å²) in [5.74, 6) is 0. The van der Waals surface area contributed by atoms with Gasteiger partial charge < -0.3 is 5.73 Å². The molecule has 2 N–H and O–H groups in total. The molecule has 3 heteroatoms. The Morgan fingerprint density at radius 2 is 2.06 bits per heavy atom. The first kappa shape index (κ1) is 13.2. The Labute approximate surface area is 99.0 Å². The second-order valence-electron chi connectivity index (χ2n) is 4.63. The number of hydrogen-bond acceptors (Lipinski definition) is 2. The summed E-state index contributed by atoms with van der Waals surface area (Å²) in [6, 6.07) is 3.00. The van der Waals surface area contributed by atoms with Crippen molar-refractivity contribution >= 4 is 0 Å². The van der Waals surface area contributed by atoms with Crippen LogP contribution in [0.3, 0.4) is 0 Å². The van der Waals surface area contributed by atoms with Crippen molar-refractivity contribution in [2.24, 2.45) is 5.73 Å². The molecule has 0 aliphatic carbocycles. The van der Waals surface area contributed by atoms with Crippen molar-refractivity contribution in [2.45, 2.75) is 65.0 Å². The smallest absolute Gasteiger partial charge is 0.0624 e. The Kier molecular flexibility index (Phi) is 5.53. The zero-order valence-corrected chi connectivity index (χ0v) is 10.8. The van der Waals surface area contributed by atoms with Gasteiger partial charge in [-0.1, -0.05) is 13.8 Å². The minimum Gasteiger partial charge on any atom is -0.328 e. The highest BCUT2D eigenvalue weighted by Crippen LogP contribution is 2.15. The van der Waals surface area contributed by atoms with Gasteiger partial charge in [0.2, 0.25) is 0 Å². The molecule has 0 aliphatic rings. The Morgan fingerprint density at radius 1 is 1.38 bits per heavy atom. The van der Waals surface area contributed by atoms with Crippen molar-refractivity contribution in [1.82, 2.24) is 9.78 Å². The number of hydrogen-bond donors (Lipinski definition) is 1. The SMILES string of the molecule is CCC(CC)n1ccc(CCCC(C)N)n1. The average molecular weight is 223 g/mol. The van der Waals surface area contributed by atoms with E-state index in [0.29, 0.717) is 12.1 Å². The number of aryl methyl sites for hydroxylation is 1. The molecule has 0 aliphatic heterocycles. The predicted octanol–water partition coefficient (Wildman–Crippen LogP) is 2.91. The normalized spacial score (nSPS) is 13.3. The van der Waals surface area contributed by atoms with E-state index in [1.165, 1.54) is 5.69 Å². The maximum Gasteiger partial charge on any atom is 0.0624 e. The lowest BCUT2D eigenvalue weighted by atomic mass is 10.1. The lowest BCUT2D eigenvalue weighted by Gasteiger charge is -2.12. The first-order valence-corrected chi connectivity index (χ1v) is 6.47. The van der Waals surface area contributed by atoms with E-state index in [0.717, 1.165) is 32.1 Å². The number of nitrogens with two attached hydrogens (primary N) is 1. The van der Waals surface area contributed by atoms with Gasteiger partial charge in [0, 0.05) is 12.2 Å². The van der Waals surface area contributed by atoms with Crippen LogP contribution in [0.1, 0.15) is 58.2 Å². The van der Waals surface area contributed by atoms with Crippen LogP contribution in [0.15, 0.2) is 12.3 Å². The van der Waals surface area contributed by atoms with Crippen LogP contribution >= 0.6 is 0 Å². The first-order chi connectivity index (χ1) is 7.67. The van der Waals surface area contributed by atoms with Gasteiger partial charge in [0.15, 0.2) is 0 Å². The summed E-state index contributed by atoms with van der Waals surface area (Å²) in [5, 5.41) is 4.62. The fourth-order valence-electron chi connectivity index (χ4n) is 1.98. The van der Waals surface area contributed by atoms with E-state index in [4.69, 9.17) is 5.73 Å². The van der Waals surface area contributed by atoms with Gasteiger partial charge in [-0.2, -0.15) is 5.10 Å². The van der Waals surface area contributed by atoms with Crippen LogP contribution in [0.5, 0.6) is 0 Å². The number of rotatable bonds is 7. The van der Waals surface area contributed by atoms with Crippen molar-refractivity contribution < 1.29 is 0 Å². The van der Waals surface area contributed by atoms with Crippen LogP contribution in [-0.4, -0.2) is 15.8 Å². The minimum atomic E-state index is 0.307. The van der Waals surface area contributed by atoms with E-state index in [2.05, 4.69) is 42.8 Å². The lowest BCUT2D eigenvalue weighted by molar-refractivity contribution is 0.424. The first-order valence-electron chi connectivity index (χ1n) is 6.47. The maximum absolute atomic E-state index is 5.73. The molecule has 0 saturated carbocycles. The molecule has 92 valence electrons. The molecule has 0 spiro atoms. The standard InChI is InChI=1S/C13H25N3/c1-4-13(5-2)16-10-9-12(15-16)8-6-7-11(3)14/h9-11,13H,4-8,14H2,1-3H3. The van der Waals surface area contributed by atoms with E-state index < -0.39 is 0 Å². The molecule has 16 heavy (non-hydrogen) atoms. The van der Waals surface area contributed by atoms with E-state index in [-0.39, 0.29) is 0 Å². The minimum absolute atomic E-state index is 0.307. The van der Waals surface area contributed by atoms with Crippen molar-refractivity contribution in [3.05, 3.63) is 18.0 Å². The van der Waals surface area contributed by atoms with E-state index in [9.17, 15) is 0 Å². The molecule has 0 aromatic carbocycles. The van der Waals surface area contributed by atoms with E-state index in [1.807, 2.05) is 0 Å². The molecule has 1 aromatic rings. The molecule has 0 saturated heterocycles. The molecular weight excluding hydrogens is 198 g/mol. The largest absolute Gasteiger partial charge is 0.328 e.